The van der Waals surface area contributed by atoms with Crippen LogP contribution in [-0.4, -0.2) is 18.4 Å². The highest BCUT2D eigenvalue weighted by molar-refractivity contribution is 9.09. The third-order valence-corrected chi connectivity index (χ3v) is 3.59. The molecular weight excluding hydrogens is 245 g/mol. The monoisotopic (exact) mass is 257 g/mol. The SMILES string of the molecule is Fc1cccc(N2CCC(CBr)C2)c1. The van der Waals surface area contributed by atoms with Crippen molar-refractivity contribution in [2.24, 2.45) is 5.92 Å². The molecule has 1 fully saturated rings. The Morgan fingerprint density at radius 2 is 2.36 bits per heavy atom. The lowest BCUT2D eigenvalue weighted by atomic mass is 10.2. The second-order valence-electron chi connectivity index (χ2n) is 3.73. The van der Waals surface area contributed by atoms with Crippen LogP contribution < -0.4 is 4.90 Å². The first-order valence-corrected chi connectivity index (χ1v) is 5.98. The van der Waals surface area contributed by atoms with Gasteiger partial charge in [-0.25, -0.2) is 4.39 Å². The molecule has 0 N–H and O–H groups in total. The number of halogens is 2. The lowest BCUT2D eigenvalue weighted by Crippen LogP contribution is -2.19. The zero-order chi connectivity index (χ0) is 9.97. The van der Waals surface area contributed by atoms with Crippen LogP contribution in [0.5, 0.6) is 0 Å². The van der Waals surface area contributed by atoms with Gasteiger partial charge in [0.15, 0.2) is 0 Å². The largest absolute Gasteiger partial charge is 0.371 e. The Kier molecular flexibility index (Phi) is 3.06. The molecule has 0 saturated carbocycles. The first-order valence-electron chi connectivity index (χ1n) is 4.86. The van der Waals surface area contributed by atoms with Gasteiger partial charge in [-0.15, -0.1) is 0 Å². The molecule has 1 atom stereocenters. The fraction of sp³-hybridized carbons (Fsp3) is 0.455. The Bertz CT molecular complexity index is 316. The van der Waals surface area contributed by atoms with E-state index in [1.54, 1.807) is 12.1 Å². The standard InChI is InChI=1S/C11H13BrFN/c12-7-9-4-5-14(8-9)11-3-1-2-10(13)6-11/h1-3,6,9H,4-5,7-8H2. The van der Waals surface area contributed by atoms with Gasteiger partial charge in [-0.3, -0.25) is 0 Å². The van der Waals surface area contributed by atoms with Crippen LogP contribution in [0.4, 0.5) is 10.1 Å². The summed E-state index contributed by atoms with van der Waals surface area (Å²) >= 11 is 3.49. The van der Waals surface area contributed by atoms with E-state index in [0.717, 1.165) is 24.1 Å². The summed E-state index contributed by atoms with van der Waals surface area (Å²) in [5.74, 6) is 0.558. The minimum atomic E-state index is -0.148. The maximum absolute atomic E-state index is 13.0. The van der Waals surface area contributed by atoms with Crippen molar-refractivity contribution in [1.82, 2.24) is 0 Å². The highest BCUT2D eigenvalue weighted by atomic mass is 79.9. The third kappa shape index (κ3) is 2.08. The molecule has 0 spiro atoms. The van der Waals surface area contributed by atoms with Crippen molar-refractivity contribution < 1.29 is 4.39 Å². The number of benzene rings is 1. The van der Waals surface area contributed by atoms with Gasteiger partial charge >= 0.3 is 0 Å². The molecule has 0 bridgehead atoms. The van der Waals surface area contributed by atoms with Crippen LogP contribution in [0.3, 0.4) is 0 Å². The van der Waals surface area contributed by atoms with Crippen LogP contribution >= 0.6 is 15.9 Å². The predicted octanol–water partition coefficient (Wildman–Crippen LogP) is 3.05. The van der Waals surface area contributed by atoms with E-state index in [4.69, 9.17) is 0 Å². The van der Waals surface area contributed by atoms with Gasteiger partial charge in [-0.2, -0.15) is 0 Å². The van der Waals surface area contributed by atoms with E-state index >= 15 is 0 Å². The van der Waals surface area contributed by atoms with Gasteiger partial charge in [0.25, 0.3) is 0 Å². The highest BCUT2D eigenvalue weighted by Gasteiger charge is 2.21. The van der Waals surface area contributed by atoms with Crippen LogP contribution in [0.1, 0.15) is 6.42 Å². The maximum Gasteiger partial charge on any atom is 0.125 e. The van der Waals surface area contributed by atoms with Crippen molar-refractivity contribution >= 4 is 21.6 Å². The van der Waals surface area contributed by atoms with Crippen molar-refractivity contribution in [3.8, 4) is 0 Å². The molecule has 0 aliphatic carbocycles. The minimum Gasteiger partial charge on any atom is -0.371 e. The number of hydrogen-bond donors (Lipinski definition) is 0. The molecule has 14 heavy (non-hydrogen) atoms. The second kappa shape index (κ2) is 4.30. The molecule has 76 valence electrons. The number of alkyl halides is 1. The Morgan fingerprint density at radius 3 is 3.00 bits per heavy atom. The molecule has 1 aromatic rings. The van der Waals surface area contributed by atoms with Crippen LogP contribution in [0.2, 0.25) is 0 Å². The molecule has 0 aromatic heterocycles. The summed E-state index contributed by atoms with van der Waals surface area (Å²) in [4.78, 5) is 2.25. The number of rotatable bonds is 2. The van der Waals surface area contributed by atoms with Crippen molar-refractivity contribution in [3.05, 3.63) is 30.1 Å². The smallest absolute Gasteiger partial charge is 0.125 e. The normalized spacial score (nSPS) is 21.6. The summed E-state index contributed by atoms with van der Waals surface area (Å²) in [5.41, 5.74) is 1.01. The molecule has 1 aliphatic heterocycles. The maximum atomic E-state index is 13.0. The summed E-state index contributed by atoms with van der Waals surface area (Å²) in [6, 6.07) is 6.84. The van der Waals surface area contributed by atoms with Gasteiger partial charge in [0, 0.05) is 24.1 Å². The molecule has 1 unspecified atom stereocenters. The van der Waals surface area contributed by atoms with E-state index in [0.29, 0.717) is 5.92 Å². The van der Waals surface area contributed by atoms with Crippen LogP contribution in [0, 0.1) is 11.7 Å². The van der Waals surface area contributed by atoms with Gasteiger partial charge < -0.3 is 4.90 Å². The first-order chi connectivity index (χ1) is 6.79. The summed E-state index contributed by atoms with van der Waals surface area (Å²) in [6.45, 7) is 2.08. The summed E-state index contributed by atoms with van der Waals surface area (Å²) < 4.78 is 13.0. The third-order valence-electron chi connectivity index (χ3n) is 2.68. The van der Waals surface area contributed by atoms with Gasteiger partial charge in [-0.05, 0) is 30.5 Å². The molecule has 2 rings (SSSR count). The molecule has 0 amide bonds. The first kappa shape index (κ1) is 9.97. The Morgan fingerprint density at radius 1 is 1.50 bits per heavy atom. The quantitative estimate of drug-likeness (QED) is 0.737. The topological polar surface area (TPSA) is 3.24 Å². The van der Waals surface area contributed by atoms with Gasteiger partial charge in [0.2, 0.25) is 0 Å². The molecule has 0 radical (unpaired) electrons. The second-order valence-corrected chi connectivity index (χ2v) is 4.38. The molecule has 1 aromatic carbocycles. The molecule has 3 heteroatoms. The van der Waals surface area contributed by atoms with Crippen molar-refractivity contribution in [2.45, 2.75) is 6.42 Å². The van der Waals surface area contributed by atoms with Gasteiger partial charge in [-0.1, -0.05) is 22.0 Å². The number of nitrogens with zero attached hydrogens (tertiary/aromatic N) is 1. The zero-order valence-electron chi connectivity index (χ0n) is 7.92. The highest BCUT2D eigenvalue weighted by Crippen LogP contribution is 2.25. The molecule has 1 aliphatic rings. The van der Waals surface area contributed by atoms with Gasteiger partial charge in [0.1, 0.15) is 5.82 Å². The lowest BCUT2D eigenvalue weighted by molar-refractivity contribution is 0.627. The van der Waals surface area contributed by atoms with Crippen molar-refractivity contribution in [1.29, 1.82) is 0 Å². The predicted molar refractivity (Wildman–Crippen MR) is 60.5 cm³/mol. The minimum absolute atomic E-state index is 0.148. The van der Waals surface area contributed by atoms with Crippen molar-refractivity contribution in [2.75, 3.05) is 23.3 Å². The number of anilines is 1. The Labute approximate surface area is 92.0 Å². The van der Waals surface area contributed by atoms with Crippen LogP contribution in [-0.2, 0) is 0 Å². The van der Waals surface area contributed by atoms with E-state index in [1.807, 2.05) is 6.07 Å². The van der Waals surface area contributed by atoms with E-state index in [9.17, 15) is 4.39 Å². The molecule has 1 heterocycles. The Hall–Kier alpha value is -0.570. The van der Waals surface area contributed by atoms with Crippen LogP contribution in [0.15, 0.2) is 24.3 Å². The van der Waals surface area contributed by atoms with E-state index in [1.165, 1.54) is 12.5 Å². The zero-order valence-corrected chi connectivity index (χ0v) is 9.50. The number of hydrogen-bond acceptors (Lipinski definition) is 1. The summed E-state index contributed by atoms with van der Waals surface area (Å²) in [6.07, 6.45) is 1.20. The summed E-state index contributed by atoms with van der Waals surface area (Å²) in [5, 5.41) is 1.04. The Balaban J connectivity index is 2.09. The molecular formula is C11H13BrFN. The summed E-state index contributed by atoms with van der Waals surface area (Å²) in [7, 11) is 0. The average molecular weight is 258 g/mol. The lowest BCUT2D eigenvalue weighted by Gasteiger charge is -2.18. The van der Waals surface area contributed by atoms with E-state index in [-0.39, 0.29) is 5.82 Å². The van der Waals surface area contributed by atoms with E-state index in [2.05, 4.69) is 20.8 Å². The fourth-order valence-electron chi connectivity index (χ4n) is 1.87. The van der Waals surface area contributed by atoms with Gasteiger partial charge in [0.05, 0.1) is 0 Å². The van der Waals surface area contributed by atoms with Crippen LogP contribution in [0.25, 0.3) is 0 Å². The van der Waals surface area contributed by atoms with E-state index < -0.39 is 0 Å². The van der Waals surface area contributed by atoms with Crippen molar-refractivity contribution in [3.63, 3.8) is 0 Å². The average Bonchev–Trinajstić information content (AvgIpc) is 2.66. The molecule has 1 nitrogen and oxygen atoms in total. The molecule has 1 saturated heterocycles. The fourth-order valence-corrected chi connectivity index (χ4v) is 2.39.